The molecule has 4 heterocycles. The van der Waals surface area contributed by atoms with Crippen molar-refractivity contribution < 1.29 is 13.9 Å². The number of ether oxygens (including phenoxy) is 1. The molecule has 2 aliphatic heterocycles. The lowest BCUT2D eigenvalue weighted by atomic mass is 9.80. The summed E-state index contributed by atoms with van der Waals surface area (Å²) in [6.45, 7) is 3.66. The number of aryl methyl sites for hydroxylation is 1. The molecule has 0 saturated heterocycles. The second-order valence-corrected chi connectivity index (χ2v) is 9.61. The Morgan fingerprint density at radius 3 is 2.65 bits per heavy atom. The van der Waals surface area contributed by atoms with Crippen molar-refractivity contribution in [3.8, 4) is 5.75 Å². The van der Waals surface area contributed by atoms with E-state index in [1.165, 1.54) is 11.3 Å². The summed E-state index contributed by atoms with van der Waals surface area (Å²) >= 11 is 1.27. The summed E-state index contributed by atoms with van der Waals surface area (Å²) in [5.74, 6) is 0.978. The third kappa shape index (κ3) is 3.21. The first-order valence-corrected chi connectivity index (χ1v) is 11.8. The molecule has 2 aromatic heterocycles. The van der Waals surface area contributed by atoms with E-state index in [-0.39, 0.29) is 11.5 Å². The number of furan rings is 1. The van der Waals surface area contributed by atoms with Gasteiger partial charge in [-0.3, -0.25) is 14.2 Å². The van der Waals surface area contributed by atoms with Crippen LogP contribution in [-0.4, -0.2) is 16.2 Å². The van der Waals surface area contributed by atoms with Gasteiger partial charge in [-0.2, -0.15) is 0 Å². The number of hydrogen-bond donors (Lipinski definition) is 1. The van der Waals surface area contributed by atoms with Gasteiger partial charge in [-0.25, -0.2) is 4.99 Å². The molecule has 0 spiro atoms. The van der Waals surface area contributed by atoms with E-state index in [9.17, 15) is 9.59 Å². The van der Waals surface area contributed by atoms with E-state index in [1.807, 2.05) is 73.7 Å². The fraction of sp³-hybridized carbons (Fsp3) is 0.192. The highest BCUT2D eigenvalue weighted by atomic mass is 32.1. The number of anilines is 1. The molecule has 1 amide bonds. The van der Waals surface area contributed by atoms with Crippen LogP contribution in [0, 0.1) is 12.8 Å². The van der Waals surface area contributed by atoms with E-state index < -0.39 is 17.7 Å². The van der Waals surface area contributed by atoms with Gasteiger partial charge in [0.25, 0.3) is 5.56 Å². The number of nitrogens with zero attached hydrogens (tertiary/aromatic N) is 2. The van der Waals surface area contributed by atoms with E-state index in [4.69, 9.17) is 14.1 Å². The number of amides is 1. The number of rotatable bonds is 3. The Hall–Kier alpha value is -3.91. The number of aromatic nitrogens is 1. The fourth-order valence-electron chi connectivity index (χ4n) is 4.75. The van der Waals surface area contributed by atoms with E-state index in [0.29, 0.717) is 26.5 Å². The molecule has 8 heteroatoms. The average Bonchev–Trinajstić information content (AvgIpc) is 3.35. The summed E-state index contributed by atoms with van der Waals surface area (Å²) < 4.78 is 14.1. The van der Waals surface area contributed by atoms with Gasteiger partial charge in [0.1, 0.15) is 23.2 Å². The van der Waals surface area contributed by atoms with Gasteiger partial charge in [-0.15, -0.1) is 0 Å². The first kappa shape index (κ1) is 20.7. The number of para-hydroxylation sites is 2. The summed E-state index contributed by atoms with van der Waals surface area (Å²) in [4.78, 5) is 32.6. The van der Waals surface area contributed by atoms with E-state index in [0.717, 1.165) is 11.3 Å². The van der Waals surface area contributed by atoms with Crippen LogP contribution < -0.4 is 24.9 Å². The predicted molar refractivity (Wildman–Crippen MR) is 129 cm³/mol. The lowest BCUT2D eigenvalue weighted by molar-refractivity contribution is -0.131. The minimum Gasteiger partial charge on any atom is -0.465 e. The molecule has 0 radical (unpaired) electrons. The van der Waals surface area contributed by atoms with Crippen molar-refractivity contribution in [1.29, 1.82) is 0 Å². The summed E-state index contributed by atoms with van der Waals surface area (Å²) in [7, 11) is 0. The van der Waals surface area contributed by atoms with Crippen LogP contribution in [0.5, 0.6) is 5.75 Å². The molecule has 2 bridgehead atoms. The molecule has 0 aliphatic carbocycles. The Kier molecular flexibility index (Phi) is 4.60. The molecular formula is C26H21N3O4S. The zero-order chi connectivity index (χ0) is 23.4. The van der Waals surface area contributed by atoms with E-state index in [2.05, 4.69) is 5.32 Å². The van der Waals surface area contributed by atoms with Crippen LogP contribution in [0.15, 0.2) is 80.9 Å². The normalized spacial score (nSPS) is 22.8. The number of carbonyl (C=O) groups excluding carboxylic acids is 1. The number of hydrogen-bond acceptors (Lipinski definition) is 6. The number of thiazole rings is 1. The van der Waals surface area contributed by atoms with Gasteiger partial charge in [0.15, 0.2) is 4.80 Å². The van der Waals surface area contributed by atoms with Crippen LogP contribution in [0.25, 0.3) is 6.08 Å². The largest absolute Gasteiger partial charge is 0.465 e. The van der Waals surface area contributed by atoms with Crippen molar-refractivity contribution in [2.24, 2.45) is 10.9 Å². The maximum absolute atomic E-state index is 13.6. The molecule has 6 rings (SSSR count). The van der Waals surface area contributed by atoms with Crippen molar-refractivity contribution >= 4 is 29.0 Å². The van der Waals surface area contributed by atoms with Crippen molar-refractivity contribution in [3.05, 3.63) is 104 Å². The van der Waals surface area contributed by atoms with Gasteiger partial charge in [0, 0.05) is 17.3 Å². The van der Waals surface area contributed by atoms with Gasteiger partial charge in [-0.1, -0.05) is 47.7 Å². The molecule has 0 saturated carbocycles. The lowest BCUT2D eigenvalue weighted by Gasteiger charge is -2.45. The number of carbonyl (C=O) groups is 1. The first-order chi connectivity index (χ1) is 16.4. The number of fused-ring (bicyclic) bond motifs is 6. The SMILES string of the molecule is Cc1ccc(/C=c2\sc3n(c2=O)[C@H]2c4ccccc4O[C@](C)(N=3)[C@H]2C(=O)Nc2ccccc2)o1. The molecule has 1 N–H and O–H groups in total. The van der Waals surface area contributed by atoms with E-state index in [1.54, 1.807) is 17.6 Å². The van der Waals surface area contributed by atoms with Crippen molar-refractivity contribution in [2.75, 3.05) is 5.32 Å². The standard InChI is InChI=1S/C26H21N3O4S/c1-15-12-13-17(32-15)14-20-24(31)29-22-18-10-6-7-11-19(18)33-26(2,28-25(29)34-20)21(22)23(30)27-16-8-4-3-5-9-16/h3-14,21-22H,1-2H3,(H,27,30)/b20-14-/t21-,22+,26+/m1/s1. The van der Waals surface area contributed by atoms with Crippen LogP contribution in [0.2, 0.25) is 0 Å². The average molecular weight is 472 g/mol. The van der Waals surface area contributed by atoms with Crippen LogP contribution in [0.3, 0.4) is 0 Å². The zero-order valence-electron chi connectivity index (χ0n) is 18.5. The monoisotopic (exact) mass is 471 g/mol. The van der Waals surface area contributed by atoms with Gasteiger partial charge in [0.05, 0.1) is 10.6 Å². The van der Waals surface area contributed by atoms with Crippen molar-refractivity contribution in [1.82, 2.24) is 4.57 Å². The highest BCUT2D eigenvalue weighted by Crippen LogP contribution is 2.47. The quantitative estimate of drug-likeness (QED) is 0.497. The predicted octanol–water partition coefficient (Wildman–Crippen LogP) is 3.23. The summed E-state index contributed by atoms with van der Waals surface area (Å²) in [6.07, 6.45) is 1.72. The Morgan fingerprint density at radius 2 is 1.88 bits per heavy atom. The first-order valence-electron chi connectivity index (χ1n) is 11.0. The van der Waals surface area contributed by atoms with Gasteiger partial charge >= 0.3 is 0 Å². The van der Waals surface area contributed by atoms with Crippen molar-refractivity contribution in [3.63, 3.8) is 0 Å². The van der Waals surface area contributed by atoms with Crippen molar-refractivity contribution in [2.45, 2.75) is 25.6 Å². The molecule has 2 aliphatic rings. The molecule has 7 nitrogen and oxygen atoms in total. The Balaban J connectivity index is 1.55. The molecular weight excluding hydrogens is 450 g/mol. The zero-order valence-corrected chi connectivity index (χ0v) is 19.3. The van der Waals surface area contributed by atoms with Crippen LogP contribution in [0.4, 0.5) is 5.69 Å². The molecule has 0 unspecified atom stereocenters. The number of benzene rings is 2. The molecule has 2 aromatic carbocycles. The Bertz CT molecular complexity index is 1600. The Labute approximate surface area is 198 Å². The van der Waals surface area contributed by atoms with Crippen LogP contribution in [-0.2, 0) is 4.79 Å². The van der Waals surface area contributed by atoms with E-state index >= 15 is 0 Å². The third-order valence-corrected chi connectivity index (χ3v) is 7.22. The van der Waals surface area contributed by atoms with Gasteiger partial charge in [0.2, 0.25) is 11.6 Å². The van der Waals surface area contributed by atoms with Gasteiger partial charge < -0.3 is 14.5 Å². The summed E-state index contributed by atoms with van der Waals surface area (Å²) in [5, 5.41) is 2.98. The topological polar surface area (TPSA) is 85.8 Å². The minimum atomic E-state index is -1.17. The number of nitrogens with one attached hydrogen (secondary N) is 1. The lowest BCUT2D eigenvalue weighted by Crippen LogP contribution is -2.59. The highest BCUT2D eigenvalue weighted by Gasteiger charge is 2.55. The summed E-state index contributed by atoms with van der Waals surface area (Å²) in [6, 6.07) is 19.9. The van der Waals surface area contributed by atoms with Gasteiger partial charge in [-0.05, 0) is 44.2 Å². The summed E-state index contributed by atoms with van der Waals surface area (Å²) in [5.41, 5.74) is 0.0742. The minimum absolute atomic E-state index is 0.209. The second-order valence-electron chi connectivity index (χ2n) is 8.60. The fourth-order valence-corrected chi connectivity index (χ4v) is 5.82. The molecule has 0 fully saturated rings. The third-order valence-electron chi connectivity index (χ3n) is 6.24. The highest BCUT2D eigenvalue weighted by molar-refractivity contribution is 7.07. The Morgan fingerprint density at radius 1 is 1.12 bits per heavy atom. The second kappa shape index (κ2) is 7.56. The smallest absolute Gasteiger partial charge is 0.271 e. The maximum Gasteiger partial charge on any atom is 0.271 e. The maximum atomic E-state index is 13.6. The van der Waals surface area contributed by atoms with Crippen LogP contribution in [0.1, 0.15) is 30.0 Å². The molecule has 170 valence electrons. The molecule has 34 heavy (non-hydrogen) atoms. The molecule has 4 aromatic rings. The van der Waals surface area contributed by atoms with Crippen LogP contribution >= 0.6 is 11.3 Å². The molecule has 3 atom stereocenters.